The van der Waals surface area contributed by atoms with Gasteiger partial charge in [-0.2, -0.15) is 26.3 Å². The number of alkyl halides is 6. The number of anilines is 1. The highest BCUT2D eigenvalue weighted by molar-refractivity contribution is 8.00. The quantitative estimate of drug-likeness (QED) is 0.0968. The molecule has 0 aromatic carbocycles. The minimum absolute atomic E-state index is 0.0247. The summed E-state index contributed by atoms with van der Waals surface area (Å²) in [6.07, 6.45) is -8.67. The smallest absolute Gasteiger partial charge is 0.477 e. The number of fused-ring (bicyclic) bond motifs is 1. The van der Waals surface area contributed by atoms with Crippen LogP contribution in [0.4, 0.5) is 31.5 Å². The number of nitrogens with zero attached hydrogens (tertiary/aromatic N) is 4. The molecule has 4 rings (SSSR count). The number of nitrogens with one attached hydrogen (secondary N) is 1. The molecule has 13 nitrogen and oxygen atoms in total. The van der Waals surface area contributed by atoms with Gasteiger partial charge in [0.1, 0.15) is 29.4 Å². The number of carboxylic acids is 1. The van der Waals surface area contributed by atoms with Gasteiger partial charge in [0.2, 0.25) is 5.91 Å². The largest absolute Gasteiger partial charge is 0.493 e. The third kappa shape index (κ3) is 6.92. The van der Waals surface area contributed by atoms with Crippen LogP contribution in [0.25, 0.3) is 0 Å². The van der Waals surface area contributed by atoms with Gasteiger partial charge < -0.3 is 25.9 Å². The SMILES string of the molecule is Nc1nc(C(=NOC(=O)C(F)(F)F)C(=O)N[C@@H]2C(=O)N3C(C(=O)O)=C(C=C4CCCN(CC(F)(F)F)C4=O)CS[C@H]23)cs1. The number of carbonyl (C=O) groups excluding carboxylic acids is 4. The van der Waals surface area contributed by atoms with E-state index >= 15 is 0 Å². The summed E-state index contributed by atoms with van der Waals surface area (Å²) in [5.41, 5.74) is 3.51. The number of oxime groups is 1. The maximum Gasteiger partial charge on any atom is 0.493 e. The Balaban J connectivity index is 1.55. The van der Waals surface area contributed by atoms with Crippen LogP contribution in [0.15, 0.2) is 33.5 Å². The van der Waals surface area contributed by atoms with E-state index in [9.17, 15) is 55.4 Å². The maximum absolute atomic E-state index is 13.0. The van der Waals surface area contributed by atoms with E-state index in [-0.39, 0.29) is 47.1 Å². The third-order valence-corrected chi connectivity index (χ3v) is 8.05. The van der Waals surface area contributed by atoms with E-state index in [1.807, 2.05) is 0 Å². The van der Waals surface area contributed by atoms with Crippen molar-refractivity contribution in [3.05, 3.63) is 34.0 Å². The Morgan fingerprint density at radius 1 is 1.23 bits per heavy atom. The molecule has 1 aromatic rings. The zero-order valence-corrected chi connectivity index (χ0v) is 22.8. The van der Waals surface area contributed by atoms with Gasteiger partial charge in [-0.3, -0.25) is 19.3 Å². The molecular weight excluding hydrogens is 638 g/mol. The van der Waals surface area contributed by atoms with Crippen molar-refractivity contribution in [3.8, 4) is 0 Å². The summed E-state index contributed by atoms with van der Waals surface area (Å²) in [6.45, 7) is -1.62. The van der Waals surface area contributed by atoms with Crippen LogP contribution in [-0.2, 0) is 28.8 Å². The fraction of sp³-hybridized carbons (Fsp3) is 0.409. The standard InChI is InChI=1S/C22H18F6N6O7S2/c23-21(24,25)7-33-3-1-2-8(15(33)36)4-9-5-42-17-12(16(37)34(17)13(9)18(38)39)31-14(35)11(10-6-43-20(29)30-10)32-41-19(40)22(26,27)28/h4,6,12,17H,1-3,5,7H2,(H2,29,30)(H,31,35)(H,38,39)/t12-,17-/m1/s1. The number of halogens is 6. The molecule has 4 N–H and O–H groups in total. The van der Waals surface area contributed by atoms with E-state index in [2.05, 4.69) is 20.3 Å². The van der Waals surface area contributed by atoms with E-state index in [4.69, 9.17) is 5.73 Å². The first-order valence-corrected chi connectivity index (χ1v) is 13.8. The average Bonchev–Trinajstić information content (AvgIpc) is 3.33. The molecule has 4 heterocycles. The molecule has 21 heteroatoms. The van der Waals surface area contributed by atoms with Gasteiger partial charge in [0, 0.05) is 23.3 Å². The molecule has 43 heavy (non-hydrogen) atoms. The number of carboxylic acid groups (broad SMARTS) is 1. The van der Waals surface area contributed by atoms with Crippen molar-refractivity contribution >= 4 is 63.6 Å². The van der Waals surface area contributed by atoms with Crippen molar-refractivity contribution in [3.63, 3.8) is 0 Å². The summed E-state index contributed by atoms with van der Waals surface area (Å²) in [4.78, 5) is 70.7. The van der Waals surface area contributed by atoms with E-state index in [1.165, 1.54) is 0 Å². The first-order valence-electron chi connectivity index (χ1n) is 11.8. The highest BCUT2D eigenvalue weighted by atomic mass is 32.2. The second kappa shape index (κ2) is 11.9. The van der Waals surface area contributed by atoms with Crippen molar-refractivity contribution in [1.82, 2.24) is 20.1 Å². The summed E-state index contributed by atoms with van der Waals surface area (Å²) in [7, 11) is 0. The Morgan fingerprint density at radius 2 is 1.93 bits per heavy atom. The number of thioether (sulfide) groups is 1. The number of piperidine rings is 1. The van der Waals surface area contributed by atoms with Crippen molar-refractivity contribution < 1.29 is 60.3 Å². The number of thiazole rings is 1. The lowest BCUT2D eigenvalue weighted by molar-refractivity contribution is -0.199. The number of nitrogen functional groups attached to an aromatic ring is 1. The number of amides is 3. The maximum atomic E-state index is 13.0. The molecule has 2 saturated heterocycles. The highest BCUT2D eigenvalue weighted by Gasteiger charge is 2.54. The summed E-state index contributed by atoms with van der Waals surface area (Å²) in [5.74, 6) is -7.66. The number of likely N-dealkylation sites (tertiary alicyclic amines) is 1. The molecular formula is C22H18F6N6O7S2. The lowest BCUT2D eigenvalue weighted by Gasteiger charge is -2.49. The molecule has 0 aliphatic carbocycles. The zero-order valence-electron chi connectivity index (χ0n) is 21.2. The van der Waals surface area contributed by atoms with Crippen LogP contribution in [0.1, 0.15) is 18.5 Å². The first-order chi connectivity index (χ1) is 20.0. The number of aromatic nitrogens is 1. The van der Waals surface area contributed by atoms with Gasteiger partial charge in [-0.1, -0.05) is 5.16 Å². The Bertz CT molecular complexity index is 1470. The van der Waals surface area contributed by atoms with Crippen LogP contribution in [0.3, 0.4) is 0 Å². The number of hydrogen-bond donors (Lipinski definition) is 3. The number of aliphatic carboxylic acids is 1. The molecule has 2 fully saturated rings. The first kappa shape index (κ1) is 31.8. The second-order valence-electron chi connectivity index (χ2n) is 9.04. The van der Waals surface area contributed by atoms with E-state index in [0.717, 1.165) is 39.5 Å². The topological polar surface area (TPSA) is 185 Å². The minimum atomic E-state index is -5.44. The van der Waals surface area contributed by atoms with Gasteiger partial charge in [0.25, 0.3) is 11.8 Å². The number of nitrogens with two attached hydrogens (primary N) is 1. The Labute approximate surface area is 244 Å². The minimum Gasteiger partial charge on any atom is -0.477 e. The summed E-state index contributed by atoms with van der Waals surface area (Å²) < 4.78 is 76.2. The molecule has 232 valence electrons. The van der Waals surface area contributed by atoms with Crippen LogP contribution >= 0.6 is 23.1 Å². The van der Waals surface area contributed by atoms with E-state index in [0.29, 0.717) is 4.90 Å². The molecule has 0 spiro atoms. The lowest BCUT2D eigenvalue weighted by atomic mass is 9.98. The Hall–Kier alpha value is -4.14. The second-order valence-corrected chi connectivity index (χ2v) is 11.0. The molecule has 0 unspecified atom stereocenters. The van der Waals surface area contributed by atoms with Crippen molar-refractivity contribution in [2.45, 2.75) is 36.6 Å². The molecule has 0 bridgehead atoms. The van der Waals surface area contributed by atoms with Gasteiger partial charge in [0.15, 0.2) is 10.8 Å². The summed E-state index contributed by atoms with van der Waals surface area (Å²) in [6, 6.07) is -1.42. The van der Waals surface area contributed by atoms with Gasteiger partial charge in [-0.25, -0.2) is 14.6 Å². The monoisotopic (exact) mass is 656 g/mol. The number of rotatable bonds is 7. The predicted molar refractivity (Wildman–Crippen MR) is 135 cm³/mol. The fourth-order valence-electron chi connectivity index (χ4n) is 4.29. The molecule has 3 aliphatic rings. The van der Waals surface area contributed by atoms with Crippen molar-refractivity contribution in [1.29, 1.82) is 0 Å². The van der Waals surface area contributed by atoms with E-state index < -0.39 is 71.4 Å². The Kier molecular flexibility index (Phi) is 8.77. The van der Waals surface area contributed by atoms with E-state index in [1.54, 1.807) is 0 Å². The summed E-state index contributed by atoms with van der Waals surface area (Å²) in [5, 5.41) is 14.9. The molecule has 0 saturated carbocycles. The van der Waals surface area contributed by atoms with Crippen LogP contribution < -0.4 is 11.1 Å². The lowest BCUT2D eigenvalue weighted by Crippen LogP contribution is -2.71. The number of carbonyl (C=O) groups is 5. The highest BCUT2D eigenvalue weighted by Crippen LogP contribution is 2.41. The fourth-order valence-corrected chi connectivity index (χ4v) is 6.14. The van der Waals surface area contributed by atoms with Crippen LogP contribution in [-0.4, -0.2) is 97.9 Å². The van der Waals surface area contributed by atoms with Gasteiger partial charge in [-0.15, -0.1) is 23.1 Å². The van der Waals surface area contributed by atoms with Gasteiger partial charge in [0.05, 0.1) is 0 Å². The third-order valence-electron chi connectivity index (χ3n) is 6.07. The predicted octanol–water partition coefficient (Wildman–Crippen LogP) is 1.38. The number of β-lactam (4-membered cyclic amide) rings is 1. The van der Waals surface area contributed by atoms with Crippen LogP contribution in [0.5, 0.6) is 0 Å². The van der Waals surface area contributed by atoms with Gasteiger partial charge >= 0.3 is 24.3 Å². The van der Waals surface area contributed by atoms with Crippen molar-refractivity contribution in [2.75, 3.05) is 24.6 Å². The number of hydrogen-bond acceptors (Lipinski definition) is 11. The van der Waals surface area contributed by atoms with Crippen LogP contribution in [0.2, 0.25) is 0 Å². The molecule has 0 radical (unpaired) electrons. The molecule has 1 aromatic heterocycles. The zero-order chi connectivity index (χ0) is 31.9. The average molecular weight is 657 g/mol. The molecule has 3 amide bonds. The number of allylic oxidation sites excluding steroid dienone is 1. The van der Waals surface area contributed by atoms with Crippen molar-refractivity contribution in [2.24, 2.45) is 5.16 Å². The summed E-state index contributed by atoms with van der Waals surface area (Å²) >= 11 is 1.71. The normalized spacial score (nSPS) is 22.4. The van der Waals surface area contributed by atoms with Crippen LogP contribution in [0, 0.1) is 0 Å². The molecule has 3 aliphatic heterocycles. The van der Waals surface area contributed by atoms with Gasteiger partial charge in [-0.05, 0) is 24.5 Å². The molecule has 2 atom stereocenters. The Morgan fingerprint density at radius 3 is 2.51 bits per heavy atom.